The molecule has 3 amide bonds. The van der Waals surface area contributed by atoms with Crippen LogP contribution in [0.3, 0.4) is 0 Å². The molecule has 0 bridgehead atoms. The smallest absolute Gasteiger partial charge is 0.322 e. The minimum Gasteiger partial charge on any atom is -0.449 e. The third kappa shape index (κ3) is 5.17. The lowest BCUT2D eigenvalue weighted by molar-refractivity contribution is -0.385. The Balaban J connectivity index is 1.58. The van der Waals surface area contributed by atoms with Crippen molar-refractivity contribution in [3.63, 3.8) is 0 Å². The van der Waals surface area contributed by atoms with Crippen molar-refractivity contribution in [1.82, 2.24) is 20.6 Å². The second-order valence-corrected chi connectivity index (χ2v) is 6.85. The van der Waals surface area contributed by atoms with Gasteiger partial charge in [0.05, 0.1) is 28.4 Å². The number of para-hydroxylation sites is 1. The standard InChI is InChI=1S/C19H16ClN5O5/c1-19(30-18-21-10-12(20)11-22-18)8-6-13(7-9-19)23-17(27)24-16(26)14-4-2-3-5-15(14)25(28)29/h2-11,13H,1H3,(H2,23,24,26,27). The van der Waals surface area contributed by atoms with E-state index in [1.54, 1.807) is 31.2 Å². The zero-order valence-electron chi connectivity index (χ0n) is 15.6. The van der Waals surface area contributed by atoms with Gasteiger partial charge in [-0.05, 0) is 25.1 Å². The van der Waals surface area contributed by atoms with Gasteiger partial charge in [0.15, 0.2) is 0 Å². The summed E-state index contributed by atoms with van der Waals surface area (Å²) in [5.74, 6) is -0.878. The molecule has 0 saturated carbocycles. The van der Waals surface area contributed by atoms with Crippen LogP contribution in [0, 0.1) is 10.1 Å². The first-order valence-electron chi connectivity index (χ1n) is 8.66. The van der Waals surface area contributed by atoms with Gasteiger partial charge in [-0.1, -0.05) is 35.9 Å². The minimum atomic E-state index is -0.878. The van der Waals surface area contributed by atoms with Crippen molar-refractivity contribution >= 4 is 29.2 Å². The molecule has 1 aliphatic carbocycles. The molecule has 1 aliphatic rings. The molecule has 0 saturated heterocycles. The fraction of sp³-hybridized carbons (Fsp3) is 0.158. The molecule has 1 aromatic carbocycles. The number of hydrogen-bond donors (Lipinski definition) is 2. The van der Waals surface area contributed by atoms with E-state index in [2.05, 4.69) is 20.6 Å². The van der Waals surface area contributed by atoms with Gasteiger partial charge in [-0.25, -0.2) is 14.8 Å². The second kappa shape index (κ2) is 8.70. The highest BCUT2D eigenvalue weighted by Gasteiger charge is 2.26. The summed E-state index contributed by atoms with van der Waals surface area (Å²) in [6, 6.07) is 4.16. The molecule has 0 spiro atoms. The second-order valence-electron chi connectivity index (χ2n) is 6.42. The van der Waals surface area contributed by atoms with Gasteiger partial charge in [0.25, 0.3) is 11.6 Å². The molecule has 3 rings (SSSR count). The topological polar surface area (TPSA) is 136 Å². The largest absolute Gasteiger partial charge is 0.449 e. The lowest BCUT2D eigenvalue weighted by Crippen LogP contribution is -2.45. The van der Waals surface area contributed by atoms with Crippen LogP contribution in [0.4, 0.5) is 10.5 Å². The number of imide groups is 1. The number of nitro groups is 1. The maximum Gasteiger partial charge on any atom is 0.322 e. The summed E-state index contributed by atoms with van der Waals surface area (Å²) >= 11 is 5.74. The van der Waals surface area contributed by atoms with Gasteiger partial charge in [0, 0.05) is 6.07 Å². The van der Waals surface area contributed by atoms with Gasteiger partial charge < -0.3 is 10.1 Å². The van der Waals surface area contributed by atoms with Crippen molar-refractivity contribution in [3.05, 3.63) is 81.7 Å². The number of amides is 3. The minimum absolute atomic E-state index is 0.135. The molecule has 30 heavy (non-hydrogen) atoms. The van der Waals surface area contributed by atoms with E-state index in [0.717, 1.165) is 0 Å². The molecule has 2 N–H and O–H groups in total. The molecule has 0 atom stereocenters. The first-order chi connectivity index (χ1) is 14.3. The summed E-state index contributed by atoms with van der Waals surface area (Å²) in [5.41, 5.74) is -1.45. The Hall–Kier alpha value is -3.79. The SMILES string of the molecule is CC1(Oc2ncc(Cl)cn2)C=CC(NC(=O)NC(=O)c2ccccc2[N+](=O)[O-])C=C1. The molecule has 11 heteroatoms. The van der Waals surface area contributed by atoms with Gasteiger partial charge in [0.1, 0.15) is 11.2 Å². The van der Waals surface area contributed by atoms with E-state index in [1.807, 2.05) is 0 Å². The summed E-state index contributed by atoms with van der Waals surface area (Å²) < 4.78 is 5.71. The molecule has 154 valence electrons. The summed E-state index contributed by atoms with van der Waals surface area (Å²) in [4.78, 5) is 42.6. The summed E-state index contributed by atoms with van der Waals surface area (Å²) in [5, 5.41) is 16.0. The number of carbonyl (C=O) groups excluding carboxylic acids is 2. The Bertz CT molecular complexity index is 1020. The highest BCUT2D eigenvalue weighted by molar-refractivity contribution is 6.30. The predicted octanol–water partition coefficient (Wildman–Crippen LogP) is 2.81. The molecule has 10 nitrogen and oxygen atoms in total. The number of nitro benzene ring substituents is 1. The van der Waals surface area contributed by atoms with Gasteiger partial charge in [-0.15, -0.1) is 0 Å². The van der Waals surface area contributed by atoms with E-state index in [4.69, 9.17) is 16.3 Å². The Kier molecular flexibility index (Phi) is 6.07. The number of aromatic nitrogens is 2. The first-order valence-corrected chi connectivity index (χ1v) is 9.04. The van der Waals surface area contributed by atoms with Crippen LogP contribution in [-0.2, 0) is 0 Å². The Morgan fingerprint density at radius 2 is 1.83 bits per heavy atom. The molecular formula is C19H16ClN5O5. The number of nitrogens with one attached hydrogen (secondary N) is 2. The molecule has 0 unspecified atom stereocenters. The van der Waals surface area contributed by atoms with E-state index in [9.17, 15) is 19.7 Å². The van der Waals surface area contributed by atoms with Crippen LogP contribution < -0.4 is 15.4 Å². The van der Waals surface area contributed by atoms with Crippen molar-refractivity contribution in [2.24, 2.45) is 0 Å². The molecule has 0 radical (unpaired) electrons. The van der Waals surface area contributed by atoms with Crippen LogP contribution >= 0.6 is 11.6 Å². The van der Waals surface area contributed by atoms with E-state index < -0.39 is 34.2 Å². The van der Waals surface area contributed by atoms with Gasteiger partial charge in [0.2, 0.25) is 0 Å². The maximum absolute atomic E-state index is 12.2. The summed E-state index contributed by atoms with van der Waals surface area (Å²) in [6.07, 6.45) is 9.52. The maximum atomic E-state index is 12.2. The number of rotatable bonds is 5. The van der Waals surface area contributed by atoms with Crippen LogP contribution in [-0.4, -0.2) is 38.5 Å². The summed E-state index contributed by atoms with van der Waals surface area (Å²) in [7, 11) is 0. The van der Waals surface area contributed by atoms with Crippen molar-refractivity contribution in [3.8, 4) is 6.01 Å². The average Bonchev–Trinajstić information content (AvgIpc) is 2.71. The Morgan fingerprint density at radius 1 is 1.20 bits per heavy atom. The number of benzene rings is 1. The number of ether oxygens (including phenoxy) is 1. The van der Waals surface area contributed by atoms with Crippen molar-refractivity contribution in [1.29, 1.82) is 0 Å². The van der Waals surface area contributed by atoms with Crippen LogP contribution in [0.5, 0.6) is 6.01 Å². The van der Waals surface area contributed by atoms with Crippen LogP contribution in [0.2, 0.25) is 5.02 Å². The van der Waals surface area contributed by atoms with E-state index in [-0.39, 0.29) is 11.6 Å². The molecule has 0 fully saturated rings. The van der Waals surface area contributed by atoms with Gasteiger partial charge >= 0.3 is 12.0 Å². The lowest BCUT2D eigenvalue weighted by Gasteiger charge is -2.27. The highest BCUT2D eigenvalue weighted by Crippen LogP contribution is 2.22. The zero-order valence-corrected chi connectivity index (χ0v) is 16.4. The van der Waals surface area contributed by atoms with Gasteiger partial charge in [-0.2, -0.15) is 0 Å². The fourth-order valence-corrected chi connectivity index (χ4v) is 2.70. The molecule has 2 aromatic rings. The third-order valence-electron chi connectivity index (χ3n) is 4.05. The van der Waals surface area contributed by atoms with E-state index in [1.165, 1.54) is 36.7 Å². The average molecular weight is 430 g/mol. The number of urea groups is 1. The number of halogens is 1. The zero-order chi connectivity index (χ0) is 21.7. The number of carbonyl (C=O) groups is 2. The monoisotopic (exact) mass is 429 g/mol. The summed E-state index contributed by atoms with van der Waals surface area (Å²) in [6.45, 7) is 1.77. The van der Waals surface area contributed by atoms with Crippen LogP contribution in [0.15, 0.2) is 61.0 Å². The van der Waals surface area contributed by atoms with Crippen LogP contribution in [0.25, 0.3) is 0 Å². The van der Waals surface area contributed by atoms with Crippen molar-refractivity contribution < 1.29 is 19.2 Å². The number of hydrogen-bond acceptors (Lipinski definition) is 7. The van der Waals surface area contributed by atoms with Crippen molar-refractivity contribution in [2.45, 2.75) is 18.6 Å². The van der Waals surface area contributed by atoms with Crippen molar-refractivity contribution in [2.75, 3.05) is 0 Å². The quantitative estimate of drug-likeness (QED) is 0.423. The molecule has 0 aliphatic heterocycles. The third-order valence-corrected chi connectivity index (χ3v) is 4.24. The fourth-order valence-electron chi connectivity index (χ4n) is 2.61. The highest BCUT2D eigenvalue weighted by atomic mass is 35.5. The van der Waals surface area contributed by atoms with E-state index in [0.29, 0.717) is 5.02 Å². The lowest BCUT2D eigenvalue weighted by atomic mass is 9.98. The van der Waals surface area contributed by atoms with Crippen LogP contribution in [0.1, 0.15) is 17.3 Å². The predicted molar refractivity (Wildman–Crippen MR) is 107 cm³/mol. The Morgan fingerprint density at radius 3 is 2.47 bits per heavy atom. The van der Waals surface area contributed by atoms with Gasteiger partial charge in [-0.3, -0.25) is 20.2 Å². The molecular weight excluding hydrogens is 414 g/mol. The van der Waals surface area contributed by atoms with E-state index >= 15 is 0 Å². The first kappa shape index (κ1) is 20.9. The molecule has 1 heterocycles. The Labute approximate surface area is 175 Å². The molecule has 1 aromatic heterocycles. The number of nitrogens with zero attached hydrogens (tertiary/aromatic N) is 3. The normalized spacial score (nSPS) is 19.7.